The normalized spacial score (nSPS) is 19.7. The summed E-state index contributed by atoms with van der Waals surface area (Å²) in [5.41, 5.74) is 2.58. The van der Waals surface area contributed by atoms with Gasteiger partial charge in [-0.3, -0.25) is 0 Å². The number of aryl methyl sites for hydroxylation is 1. The Hall–Kier alpha value is -0.380. The van der Waals surface area contributed by atoms with Gasteiger partial charge in [0.2, 0.25) is 0 Å². The number of aliphatic hydroxyl groups is 1. The first-order chi connectivity index (χ1) is 8.51. The zero-order valence-corrected chi connectivity index (χ0v) is 12.8. The first-order valence-electron chi connectivity index (χ1n) is 6.46. The molecule has 2 rings (SSSR count). The first kappa shape index (κ1) is 14.0. The molecule has 0 amide bonds. The van der Waals surface area contributed by atoms with Gasteiger partial charge in [0.15, 0.2) is 0 Å². The van der Waals surface area contributed by atoms with Gasteiger partial charge in [0, 0.05) is 16.5 Å². The summed E-state index contributed by atoms with van der Waals surface area (Å²) in [6.07, 6.45) is 0. The van der Waals surface area contributed by atoms with Crippen molar-refractivity contribution in [1.29, 1.82) is 0 Å². The predicted molar refractivity (Wildman–Crippen MR) is 76.8 cm³/mol. The lowest BCUT2D eigenvalue weighted by molar-refractivity contribution is -0.111. The van der Waals surface area contributed by atoms with Gasteiger partial charge >= 0.3 is 0 Å². The third-order valence-corrected chi connectivity index (χ3v) is 4.66. The van der Waals surface area contributed by atoms with Crippen LogP contribution in [0.15, 0.2) is 22.7 Å². The highest BCUT2D eigenvalue weighted by molar-refractivity contribution is 9.10. The molecule has 0 bridgehead atoms. The molecule has 1 aliphatic heterocycles. The average Bonchev–Trinajstić information content (AvgIpc) is 2.26. The van der Waals surface area contributed by atoms with Gasteiger partial charge in [0.25, 0.3) is 0 Å². The van der Waals surface area contributed by atoms with Crippen LogP contribution in [0.1, 0.15) is 25.0 Å². The Labute approximate surface area is 117 Å². The molecule has 2 nitrogen and oxygen atoms in total. The van der Waals surface area contributed by atoms with Gasteiger partial charge in [0.1, 0.15) is 0 Å². The van der Waals surface area contributed by atoms with Crippen molar-refractivity contribution in [1.82, 2.24) is 0 Å². The minimum absolute atomic E-state index is 0.0171. The molecule has 0 saturated carbocycles. The molecule has 18 heavy (non-hydrogen) atoms. The van der Waals surface area contributed by atoms with E-state index in [0.29, 0.717) is 19.1 Å². The van der Waals surface area contributed by atoms with Crippen LogP contribution in [0.3, 0.4) is 0 Å². The molecule has 1 fully saturated rings. The first-order valence-corrected chi connectivity index (χ1v) is 7.26. The Bertz CT molecular complexity index is 425. The third kappa shape index (κ3) is 2.24. The van der Waals surface area contributed by atoms with Crippen molar-refractivity contribution in [2.45, 2.75) is 26.2 Å². The second kappa shape index (κ2) is 5.32. The zero-order chi connectivity index (χ0) is 13.3. The van der Waals surface area contributed by atoms with E-state index in [1.807, 2.05) is 0 Å². The van der Waals surface area contributed by atoms with Crippen LogP contribution in [0.25, 0.3) is 0 Å². The molecule has 0 spiro atoms. The number of rotatable bonds is 4. The van der Waals surface area contributed by atoms with Crippen LogP contribution in [0.5, 0.6) is 0 Å². The number of benzene rings is 1. The summed E-state index contributed by atoms with van der Waals surface area (Å²) >= 11 is 3.55. The molecule has 1 saturated heterocycles. The molecule has 0 aliphatic carbocycles. The lowest BCUT2D eigenvalue weighted by Gasteiger charge is -2.49. The molecule has 1 atom stereocenters. The van der Waals surface area contributed by atoms with E-state index in [2.05, 4.69) is 54.9 Å². The molecule has 1 unspecified atom stereocenters. The quantitative estimate of drug-likeness (QED) is 0.924. The molecule has 1 aromatic carbocycles. The maximum atomic E-state index is 9.75. The lowest BCUT2D eigenvalue weighted by atomic mass is 9.64. The molecule has 1 aromatic rings. The van der Waals surface area contributed by atoms with Crippen LogP contribution in [-0.4, -0.2) is 24.9 Å². The summed E-state index contributed by atoms with van der Waals surface area (Å²) in [7, 11) is 0. The fraction of sp³-hybridized carbons (Fsp3) is 0.600. The SMILES string of the molecule is Cc1ccc(Br)cc1C1(C(CO)C(C)C)COC1. The van der Waals surface area contributed by atoms with Gasteiger partial charge < -0.3 is 9.84 Å². The van der Waals surface area contributed by atoms with Crippen LogP contribution >= 0.6 is 15.9 Å². The Morgan fingerprint density at radius 1 is 1.39 bits per heavy atom. The molecular weight excluding hydrogens is 292 g/mol. The minimum Gasteiger partial charge on any atom is -0.396 e. The Balaban J connectivity index is 2.46. The highest BCUT2D eigenvalue weighted by Crippen LogP contribution is 2.44. The van der Waals surface area contributed by atoms with Gasteiger partial charge in [0.05, 0.1) is 13.2 Å². The number of hydrogen-bond acceptors (Lipinski definition) is 2. The third-order valence-electron chi connectivity index (χ3n) is 4.17. The summed E-state index contributed by atoms with van der Waals surface area (Å²) in [5.74, 6) is 0.691. The lowest BCUT2D eigenvalue weighted by Crippen LogP contribution is -2.55. The van der Waals surface area contributed by atoms with Crippen molar-refractivity contribution < 1.29 is 9.84 Å². The monoisotopic (exact) mass is 312 g/mol. The summed E-state index contributed by atoms with van der Waals surface area (Å²) in [5, 5.41) is 9.75. The number of ether oxygens (including phenoxy) is 1. The van der Waals surface area contributed by atoms with E-state index < -0.39 is 0 Å². The molecule has 1 N–H and O–H groups in total. The molecule has 3 heteroatoms. The standard InChI is InChI=1S/C15H21BrO2/c1-10(2)14(7-17)15(8-18-9-15)13-6-12(16)5-4-11(13)3/h4-6,10,14,17H,7-9H2,1-3H3. The second-order valence-corrected chi connectivity index (χ2v) is 6.56. The van der Waals surface area contributed by atoms with Gasteiger partial charge in [-0.25, -0.2) is 0 Å². The topological polar surface area (TPSA) is 29.5 Å². The van der Waals surface area contributed by atoms with Crippen molar-refractivity contribution in [2.24, 2.45) is 11.8 Å². The van der Waals surface area contributed by atoms with E-state index in [-0.39, 0.29) is 17.9 Å². The van der Waals surface area contributed by atoms with Crippen molar-refractivity contribution in [3.8, 4) is 0 Å². The smallest absolute Gasteiger partial charge is 0.0589 e. The van der Waals surface area contributed by atoms with E-state index in [0.717, 1.165) is 4.47 Å². The summed E-state index contributed by atoms with van der Waals surface area (Å²) in [4.78, 5) is 0. The Morgan fingerprint density at radius 3 is 2.50 bits per heavy atom. The highest BCUT2D eigenvalue weighted by Gasteiger charge is 2.48. The van der Waals surface area contributed by atoms with Crippen LogP contribution < -0.4 is 0 Å². The highest BCUT2D eigenvalue weighted by atomic mass is 79.9. The molecule has 0 radical (unpaired) electrons. The maximum Gasteiger partial charge on any atom is 0.0589 e. The van der Waals surface area contributed by atoms with E-state index in [9.17, 15) is 5.11 Å². The second-order valence-electron chi connectivity index (χ2n) is 5.64. The zero-order valence-electron chi connectivity index (χ0n) is 11.2. The largest absolute Gasteiger partial charge is 0.396 e. The predicted octanol–water partition coefficient (Wildman–Crippen LogP) is 3.29. The van der Waals surface area contributed by atoms with E-state index in [4.69, 9.17) is 4.74 Å². The number of halogens is 1. The molecule has 0 aromatic heterocycles. The van der Waals surface area contributed by atoms with E-state index in [1.165, 1.54) is 11.1 Å². The molecule has 1 heterocycles. The van der Waals surface area contributed by atoms with Crippen molar-refractivity contribution in [3.63, 3.8) is 0 Å². The van der Waals surface area contributed by atoms with E-state index >= 15 is 0 Å². The molecule has 1 aliphatic rings. The summed E-state index contributed by atoms with van der Waals surface area (Å²) in [6.45, 7) is 8.13. The Morgan fingerprint density at radius 2 is 2.06 bits per heavy atom. The molecule has 100 valence electrons. The van der Waals surface area contributed by atoms with Gasteiger partial charge in [-0.15, -0.1) is 0 Å². The average molecular weight is 313 g/mol. The van der Waals surface area contributed by atoms with Crippen molar-refractivity contribution >= 4 is 15.9 Å². The van der Waals surface area contributed by atoms with Crippen molar-refractivity contribution in [3.05, 3.63) is 33.8 Å². The number of aliphatic hydroxyl groups excluding tert-OH is 1. The molecular formula is C15H21BrO2. The fourth-order valence-corrected chi connectivity index (χ4v) is 3.41. The van der Waals surface area contributed by atoms with Gasteiger partial charge in [-0.1, -0.05) is 35.8 Å². The fourth-order valence-electron chi connectivity index (χ4n) is 3.05. The summed E-state index contributed by atoms with van der Waals surface area (Å²) in [6, 6.07) is 6.38. The van der Waals surface area contributed by atoms with Crippen LogP contribution in [0.2, 0.25) is 0 Å². The minimum atomic E-state index is -0.0171. The van der Waals surface area contributed by atoms with Crippen LogP contribution in [0.4, 0.5) is 0 Å². The summed E-state index contributed by atoms with van der Waals surface area (Å²) < 4.78 is 6.59. The number of hydrogen-bond donors (Lipinski definition) is 1. The Kier molecular flexibility index (Phi) is 4.15. The van der Waals surface area contributed by atoms with Crippen molar-refractivity contribution in [2.75, 3.05) is 19.8 Å². The van der Waals surface area contributed by atoms with Crippen LogP contribution in [-0.2, 0) is 10.2 Å². The van der Waals surface area contributed by atoms with Gasteiger partial charge in [-0.05, 0) is 42.0 Å². The van der Waals surface area contributed by atoms with E-state index in [1.54, 1.807) is 0 Å². The van der Waals surface area contributed by atoms with Crippen LogP contribution in [0, 0.1) is 18.8 Å². The maximum absolute atomic E-state index is 9.75. The van der Waals surface area contributed by atoms with Gasteiger partial charge in [-0.2, -0.15) is 0 Å².